The molecule has 3 rings (SSSR count). The highest BCUT2D eigenvalue weighted by atomic mass is 16.2. The Balaban J connectivity index is 1.94. The molecule has 5 nitrogen and oxygen atoms in total. The molecular weight excluding hydrogens is 230 g/mol. The molecule has 3 atom stereocenters. The van der Waals surface area contributed by atoms with E-state index >= 15 is 0 Å². The number of fused-ring (bicyclic) bond motifs is 2. The Labute approximate surface area is 106 Å². The van der Waals surface area contributed by atoms with Gasteiger partial charge >= 0.3 is 0 Å². The summed E-state index contributed by atoms with van der Waals surface area (Å²) in [4.78, 5) is 33.4. The van der Waals surface area contributed by atoms with Crippen LogP contribution in [0.4, 0.5) is 0 Å². The number of amides is 2. The Bertz CT molecular complexity index is 447. The normalized spacial score (nSPS) is 28.8. The van der Waals surface area contributed by atoms with E-state index in [1.54, 1.807) is 12.4 Å². The Kier molecular flexibility index (Phi) is 2.69. The van der Waals surface area contributed by atoms with Gasteiger partial charge in [-0.25, -0.2) is 4.98 Å². The van der Waals surface area contributed by atoms with Gasteiger partial charge in [-0.15, -0.1) is 0 Å². The molecule has 0 radical (unpaired) electrons. The van der Waals surface area contributed by atoms with E-state index in [0.29, 0.717) is 12.2 Å². The van der Waals surface area contributed by atoms with Gasteiger partial charge in [0.2, 0.25) is 11.8 Å². The van der Waals surface area contributed by atoms with Crippen molar-refractivity contribution in [1.82, 2.24) is 14.9 Å². The smallest absolute Gasteiger partial charge is 0.232 e. The second-order valence-corrected chi connectivity index (χ2v) is 5.15. The molecule has 1 aliphatic heterocycles. The van der Waals surface area contributed by atoms with Crippen LogP contribution in [0.5, 0.6) is 0 Å². The lowest BCUT2D eigenvalue weighted by molar-refractivity contribution is -0.156. The van der Waals surface area contributed by atoms with Gasteiger partial charge in [0, 0.05) is 24.2 Å². The molecule has 0 aromatic carbocycles. The van der Waals surface area contributed by atoms with Crippen molar-refractivity contribution in [3.8, 4) is 0 Å². The summed E-state index contributed by atoms with van der Waals surface area (Å²) in [5.74, 6) is 0.808. The van der Waals surface area contributed by atoms with E-state index in [1.165, 1.54) is 4.90 Å². The molecule has 2 fully saturated rings. The number of imide groups is 1. The van der Waals surface area contributed by atoms with Crippen LogP contribution in [-0.2, 0) is 9.59 Å². The fourth-order valence-electron chi connectivity index (χ4n) is 3.20. The van der Waals surface area contributed by atoms with Gasteiger partial charge in [0.05, 0.1) is 6.04 Å². The Morgan fingerprint density at radius 2 is 2.06 bits per heavy atom. The fraction of sp³-hybridized carbons (Fsp3) is 0.615. The minimum atomic E-state index is -0.233. The van der Waals surface area contributed by atoms with Gasteiger partial charge in [0.15, 0.2) is 0 Å². The second-order valence-electron chi connectivity index (χ2n) is 5.15. The molecule has 5 heteroatoms. The van der Waals surface area contributed by atoms with Gasteiger partial charge in [-0.05, 0) is 25.7 Å². The van der Waals surface area contributed by atoms with Crippen molar-refractivity contribution in [3.63, 3.8) is 0 Å². The maximum absolute atomic E-state index is 12.4. The number of H-pyrrole nitrogens is 1. The quantitative estimate of drug-likeness (QED) is 0.826. The molecule has 1 aliphatic carbocycles. The number of nitrogens with zero attached hydrogens (tertiary/aromatic N) is 2. The zero-order chi connectivity index (χ0) is 12.7. The summed E-state index contributed by atoms with van der Waals surface area (Å²) in [6.07, 6.45) is 6.56. The zero-order valence-electron chi connectivity index (χ0n) is 10.4. The van der Waals surface area contributed by atoms with Gasteiger partial charge in [0.25, 0.3) is 0 Å². The molecule has 96 valence electrons. The van der Waals surface area contributed by atoms with Gasteiger partial charge in [-0.2, -0.15) is 0 Å². The molecule has 1 aromatic heterocycles. The molecule has 2 heterocycles. The standard InChI is InChI=1S/C13H17N3O2/c1-2-10(11-14-5-6-15-11)16-12(17)8-3-4-9(7-8)13(16)18/h5-6,8-10H,2-4,7H2,1H3,(H,14,15). The number of imidazole rings is 1. The average Bonchev–Trinajstić information content (AvgIpc) is 3.02. The first-order chi connectivity index (χ1) is 8.72. The first-order valence-corrected chi connectivity index (χ1v) is 6.58. The summed E-state index contributed by atoms with van der Waals surface area (Å²) in [5, 5.41) is 0. The molecule has 1 aromatic rings. The van der Waals surface area contributed by atoms with Crippen LogP contribution in [0.15, 0.2) is 12.4 Å². The number of rotatable bonds is 3. The van der Waals surface area contributed by atoms with Gasteiger partial charge in [0.1, 0.15) is 5.82 Å². The number of aromatic amines is 1. The predicted octanol–water partition coefficient (Wildman–Crippen LogP) is 1.65. The average molecular weight is 247 g/mol. The third-order valence-electron chi connectivity index (χ3n) is 4.14. The van der Waals surface area contributed by atoms with E-state index in [4.69, 9.17) is 0 Å². The van der Waals surface area contributed by atoms with E-state index < -0.39 is 0 Å². The minimum absolute atomic E-state index is 0.00278. The number of carbonyl (C=O) groups is 2. The largest absolute Gasteiger partial charge is 0.347 e. The number of piperidine rings is 1. The topological polar surface area (TPSA) is 66.1 Å². The van der Waals surface area contributed by atoms with Crippen molar-refractivity contribution in [2.45, 2.75) is 38.6 Å². The lowest BCUT2D eigenvalue weighted by atomic mass is 9.95. The number of carbonyl (C=O) groups excluding carboxylic acids is 2. The summed E-state index contributed by atoms with van der Waals surface area (Å²) in [7, 11) is 0. The van der Waals surface area contributed by atoms with E-state index in [9.17, 15) is 9.59 Å². The highest BCUT2D eigenvalue weighted by Gasteiger charge is 2.47. The van der Waals surface area contributed by atoms with Crippen LogP contribution in [0, 0.1) is 11.8 Å². The van der Waals surface area contributed by atoms with Crippen molar-refractivity contribution >= 4 is 11.8 Å². The highest BCUT2D eigenvalue weighted by Crippen LogP contribution is 2.41. The number of nitrogens with one attached hydrogen (secondary N) is 1. The molecule has 2 aliphatic rings. The molecule has 18 heavy (non-hydrogen) atoms. The van der Waals surface area contributed by atoms with Crippen molar-refractivity contribution in [3.05, 3.63) is 18.2 Å². The van der Waals surface area contributed by atoms with Crippen molar-refractivity contribution < 1.29 is 9.59 Å². The Morgan fingerprint density at radius 1 is 1.39 bits per heavy atom. The summed E-state index contributed by atoms with van der Waals surface area (Å²) < 4.78 is 0. The summed E-state index contributed by atoms with van der Waals surface area (Å²) in [6, 6.07) is -0.233. The molecule has 2 amide bonds. The Hall–Kier alpha value is -1.65. The molecular formula is C13H17N3O2. The van der Waals surface area contributed by atoms with Crippen molar-refractivity contribution in [2.75, 3.05) is 0 Å². The van der Waals surface area contributed by atoms with Crippen LogP contribution >= 0.6 is 0 Å². The first kappa shape index (κ1) is 11.4. The lowest BCUT2D eigenvalue weighted by Crippen LogP contribution is -2.48. The summed E-state index contributed by atoms with van der Waals surface area (Å²) >= 11 is 0. The number of likely N-dealkylation sites (tertiary alicyclic amines) is 1. The SMILES string of the molecule is CCC(c1ncc[nH]1)N1C(=O)C2CCC(C2)C1=O. The molecule has 1 saturated heterocycles. The third kappa shape index (κ3) is 1.57. The number of hydrogen-bond acceptors (Lipinski definition) is 3. The van der Waals surface area contributed by atoms with E-state index in [-0.39, 0.29) is 29.7 Å². The van der Waals surface area contributed by atoms with E-state index in [0.717, 1.165) is 19.3 Å². The van der Waals surface area contributed by atoms with Crippen LogP contribution in [0.2, 0.25) is 0 Å². The van der Waals surface area contributed by atoms with E-state index in [2.05, 4.69) is 9.97 Å². The summed E-state index contributed by atoms with van der Waals surface area (Å²) in [6.45, 7) is 1.98. The predicted molar refractivity (Wildman–Crippen MR) is 64.3 cm³/mol. The molecule has 2 bridgehead atoms. The maximum Gasteiger partial charge on any atom is 0.232 e. The molecule has 3 unspecified atom stereocenters. The van der Waals surface area contributed by atoms with E-state index in [1.807, 2.05) is 6.92 Å². The highest BCUT2D eigenvalue weighted by molar-refractivity contribution is 6.01. The van der Waals surface area contributed by atoms with Crippen molar-refractivity contribution in [1.29, 1.82) is 0 Å². The zero-order valence-corrected chi connectivity index (χ0v) is 10.4. The maximum atomic E-state index is 12.4. The van der Waals surface area contributed by atoms with Crippen LogP contribution in [0.25, 0.3) is 0 Å². The van der Waals surface area contributed by atoms with Crippen molar-refractivity contribution in [2.24, 2.45) is 11.8 Å². The Morgan fingerprint density at radius 3 is 2.56 bits per heavy atom. The van der Waals surface area contributed by atoms with Gasteiger partial charge < -0.3 is 4.98 Å². The van der Waals surface area contributed by atoms with Crippen LogP contribution in [0.1, 0.15) is 44.5 Å². The monoisotopic (exact) mass is 247 g/mol. The molecule has 0 spiro atoms. The number of hydrogen-bond donors (Lipinski definition) is 1. The lowest BCUT2D eigenvalue weighted by Gasteiger charge is -2.34. The third-order valence-corrected chi connectivity index (χ3v) is 4.14. The van der Waals surface area contributed by atoms with Gasteiger partial charge in [-0.1, -0.05) is 6.92 Å². The van der Waals surface area contributed by atoms with Crippen LogP contribution in [-0.4, -0.2) is 26.7 Å². The molecule has 1 saturated carbocycles. The molecule has 1 N–H and O–H groups in total. The van der Waals surface area contributed by atoms with Crippen LogP contribution in [0.3, 0.4) is 0 Å². The minimum Gasteiger partial charge on any atom is -0.347 e. The van der Waals surface area contributed by atoms with Crippen LogP contribution < -0.4 is 0 Å². The fourth-order valence-corrected chi connectivity index (χ4v) is 3.20. The second kappa shape index (κ2) is 4.23. The first-order valence-electron chi connectivity index (χ1n) is 6.58. The van der Waals surface area contributed by atoms with Gasteiger partial charge in [-0.3, -0.25) is 14.5 Å². The number of aromatic nitrogens is 2. The summed E-state index contributed by atoms with van der Waals surface area (Å²) in [5.41, 5.74) is 0.